The Bertz CT molecular complexity index is 1200. The zero-order valence-electron chi connectivity index (χ0n) is 16.5. The lowest BCUT2D eigenvalue weighted by Crippen LogP contribution is -2.26. The number of nitrogens with one attached hydrogen (secondary N) is 2. The van der Waals surface area contributed by atoms with Crippen LogP contribution in [-0.4, -0.2) is 26.2 Å². The van der Waals surface area contributed by atoms with Gasteiger partial charge in [0.15, 0.2) is 5.69 Å². The van der Waals surface area contributed by atoms with E-state index in [1.807, 2.05) is 49.4 Å². The fourth-order valence-electron chi connectivity index (χ4n) is 3.19. The molecule has 4 aromatic rings. The Labute approximate surface area is 173 Å². The number of rotatable bonds is 6. The van der Waals surface area contributed by atoms with Crippen LogP contribution in [0.15, 0.2) is 73.2 Å². The SMILES string of the molecule is Cc1ccccc1CNC(=O)c1nc(C(=O)NCc2ccncc2)c2ccccn12. The predicted molar refractivity (Wildman–Crippen MR) is 113 cm³/mol. The zero-order chi connectivity index (χ0) is 20.9. The molecule has 30 heavy (non-hydrogen) atoms. The maximum atomic E-state index is 12.8. The molecule has 3 aromatic heterocycles. The smallest absolute Gasteiger partial charge is 0.287 e. The Hall–Kier alpha value is -4.00. The van der Waals surface area contributed by atoms with Crippen molar-refractivity contribution in [3.05, 3.63) is 101 Å². The average Bonchev–Trinajstić information content (AvgIpc) is 3.17. The Morgan fingerprint density at radius 3 is 2.43 bits per heavy atom. The van der Waals surface area contributed by atoms with E-state index in [1.165, 1.54) is 0 Å². The summed E-state index contributed by atoms with van der Waals surface area (Å²) in [7, 11) is 0. The number of imidazole rings is 1. The maximum absolute atomic E-state index is 12.8. The summed E-state index contributed by atoms with van der Waals surface area (Å²) in [5, 5.41) is 5.75. The quantitative estimate of drug-likeness (QED) is 0.522. The number of aryl methyl sites for hydroxylation is 1. The number of hydrogen-bond acceptors (Lipinski definition) is 4. The molecule has 4 rings (SSSR count). The molecule has 0 aliphatic carbocycles. The van der Waals surface area contributed by atoms with E-state index in [1.54, 1.807) is 35.1 Å². The fourth-order valence-corrected chi connectivity index (χ4v) is 3.19. The van der Waals surface area contributed by atoms with Crippen LogP contribution in [0.5, 0.6) is 0 Å². The Morgan fingerprint density at radius 1 is 0.900 bits per heavy atom. The van der Waals surface area contributed by atoms with E-state index in [0.717, 1.165) is 16.7 Å². The molecule has 0 radical (unpaired) electrons. The summed E-state index contributed by atoms with van der Waals surface area (Å²) in [6.45, 7) is 2.73. The Morgan fingerprint density at radius 2 is 1.63 bits per heavy atom. The Kier molecular flexibility index (Phi) is 5.52. The van der Waals surface area contributed by atoms with Crippen molar-refractivity contribution in [3.8, 4) is 0 Å². The molecule has 0 spiro atoms. The van der Waals surface area contributed by atoms with Gasteiger partial charge in [0.05, 0.1) is 5.52 Å². The van der Waals surface area contributed by atoms with E-state index in [2.05, 4.69) is 20.6 Å². The van der Waals surface area contributed by atoms with Gasteiger partial charge in [0, 0.05) is 31.7 Å². The van der Waals surface area contributed by atoms with Gasteiger partial charge < -0.3 is 10.6 Å². The summed E-state index contributed by atoms with van der Waals surface area (Å²) in [6.07, 6.45) is 5.07. The van der Waals surface area contributed by atoms with Crippen LogP contribution in [0.4, 0.5) is 0 Å². The number of benzene rings is 1. The lowest BCUT2D eigenvalue weighted by molar-refractivity contribution is 0.0939. The van der Waals surface area contributed by atoms with Crippen LogP contribution < -0.4 is 10.6 Å². The van der Waals surface area contributed by atoms with E-state index in [9.17, 15) is 9.59 Å². The molecule has 1 aromatic carbocycles. The summed E-state index contributed by atoms with van der Waals surface area (Å²) in [6, 6.07) is 16.9. The first-order valence-corrected chi connectivity index (χ1v) is 9.60. The van der Waals surface area contributed by atoms with Crippen molar-refractivity contribution >= 4 is 17.3 Å². The zero-order valence-corrected chi connectivity index (χ0v) is 16.5. The van der Waals surface area contributed by atoms with Crippen LogP contribution in [0.3, 0.4) is 0 Å². The van der Waals surface area contributed by atoms with Crippen molar-refractivity contribution in [2.45, 2.75) is 20.0 Å². The van der Waals surface area contributed by atoms with Gasteiger partial charge in [-0.05, 0) is 47.9 Å². The highest BCUT2D eigenvalue weighted by atomic mass is 16.2. The standard InChI is InChI=1S/C23H21N5O2/c1-16-6-2-3-7-18(16)15-26-23(30)21-27-20(19-8-4-5-13-28(19)21)22(29)25-14-17-9-11-24-12-10-17/h2-13H,14-15H2,1H3,(H,25,29)(H,26,30). The second-order valence-corrected chi connectivity index (χ2v) is 6.89. The molecule has 0 aliphatic rings. The van der Waals surface area contributed by atoms with Crippen LogP contribution in [0, 0.1) is 6.92 Å². The van der Waals surface area contributed by atoms with Gasteiger partial charge in [-0.2, -0.15) is 0 Å². The number of aromatic nitrogens is 3. The molecule has 0 bridgehead atoms. The number of pyridine rings is 2. The van der Waals surface area contributed by atoms with Gasteiger partial charge in [-0.1, -0.05) is 30.3 Å². The normalized spacial score (nSPS) is 10.7. The van der Waals surface area contributed by atoms with Crippen molar-refractivity contribution in [1.29, 1.82) is 0 Å². The highest BCUT2D eigenvalue weighted by molar-refractivity contribution is 6.02. The van der Waals surface area contributed by atoms with Gasteiger partial charge in [0.2, 0.25) is 5.82 Å². The maximum Gasteiger partial charge on any atom is 0.287 e. The van der Waals surface area contributed by atoms with Gasteiger partial charge in [-0.3, -0.25) is 19.0 Å². The third-order valence-corrected chi connectivity index (χ3v) is 4.87. The molecule has 2 amide bonds. The minimum atomic E-state index is -0.340. The second kappa shape index (κ2) is 8.57. The molecule has 0 saturated heterocycles. The van der Waals surface area contributed by atoms with Gasteiger partial charge >= 0.3 is 0 Å². The first-order valence-electron chi connectivity index (χ1n) is 9.60. The third-order valence-electron chi connectivity index (χ3n) is 4.87. The highest BCUT2D eigenvalue weighted by Gasteiger charge is 2.21. The van der Waals surface area contributed by atoms with E-state index < -0.39 is 0 Å². The molecule has 3 heterocycles. The molecule has 2 N–H and O–H groups in total. The summed E-state index contributed by atoms with van der Waals surface area (Å²) < 4.78 is 1.63. The molecule has 0 saturated carbocycles. The predicted octanol–water partition coefficient (Wildman–Crippen LogP) is 2.90. The molecule has 0 aliphatic heterocycles. The first kappa shape index (κ1) is 19.3. The first-order chi connectivity index (χ1) is 14.6. The lowest BCUT2D eigenvalue weighted by Gasteiger charge is -2.07. The topological polar surface area (TPSA) is 88.4 Å². The monoisotopic (exact) mass is 399 g/mol. The highest BCUT2D eigenvalue weighted by Crippen LogP contribution is 2.14. The number of carbonyl (C=O) groups is 2. The minimum Gasteiger partial charge on any atom is -0.347 e. The number of amides is 2. The van der Waals surface area contributed by atoms with Gasteiger partial charge in [0.25, 0.3) is 11.8 Å². The molecule has 7 heteroatoms. The number of hydrogen-bond donors (Lipinski definition) is 2. The van der Waals surface area contributed by atoms with E-state index in [-0.39, 0.29) is 23.3 Å². The fraction of sp³-hybridized carbons (Fsp3) is 0.130. The lowest BCUT2D eigenvalue weighted by atomic mass is 10.1. The van der Waals surface area contributed by atoms with Crippen LogP contribution in [-0.2, 0) is 13.1 Å². The molecular formula is C23H21N5O2. The van der Waals surface area contributed by atoms with Crippen molar-refractivity contribution in [3.63, 3.8) is 0 Å². The van der Waals surface area contributed by atoms with E-state index in [4.69, 9.17) is 0 Å². The van der Waals surface area contributed by atoms with E-state index >= 15 is 0 Å². The Balaban J connectivity index is 1.55. The summed E-state index contributed by atoms with van der Waals surface area (Å²) in [5.74, 6) is -0.505. The van der Waals surface area contributed by atoms with Crippen molar-refractivity contribution in [2.75, 3.05) is 0 Å². The number of fused-ring (bicyclic) bond motifs is 1. The van der Waals surface area contributed by atoms with Crippen LogP contribution in [0.1, 0.15) is 37.8 Å². The molecular weight excluding hydrogens is 378 g/mol. The van der Waals surface area contributed by atoms with Gasteiger partial charge in [0.1, 0.15) is 0 Å². The van der Waals surface area contributed by atoms with Crippen molar-refractivity contribution < 1.29 is 9.59 Å². The average molecular weight is 399 g/mol. The van der Waals surface area contributed by atoms with E-state index in [0.29, 0.717) is 18.6 Å². The summed E-state index contributed by atoms with van der Waals surface area (Å²) in [4.78, 5) is 33.9. The molecule has 7 nitrogen and oxygen atoms in total. The molecule has 0 fully saturated rings. The molecule has 150 valence electrons. The largest absolute Gasteiger partial charge is 0.347 e. The van der Waals surface area contributed by atoms with Crippen molar-refractivity contribution in [1.82, 2.24) is 25.0 Å². The van der Waals surface area contributed by atoms with Crippen LogP contribution in [0.25, 0.3) is 5.52 Å². The number of carbonyl (C=O) groups excluding carboxylic acids is 2. The summed E-state index contributed by atoms with van der Waals surface area (Å²) in [5.41, 5.74) is 3.85. The molecule has 0 atom stereocenters. The summed E-state index contributed by atoms with van der Waals surface area (Å²) >= 11 is 0. The number of nitrogens with zero attached hydrogens (tertiary/aromatic N) is 3. The minimum absolute atomic E-state index is 0.174. The molecule has 0 unspecified atom stereocenters. The van der Waals surface area contributed by atoms with Crippen molar-refractivity contribution in [2.24, 2.45) is 0 Å². The van der Waals surface area contributed by atoms with Crippen LogP contribution >= 0.6 is 0 Å². The second-order valence-electron chi connectivity index (χ2n) is 6.89. The van der Waals surface area contributed by atoms with Gasteiger partial charge in [-0.15, -0.1) is 0 Å². The third kappa shape index (κ3) is 4.05. The van der Waals surface area contributed by atoms with Crippen LogP contribution in [0.2, 0.25) is 0 Å². The van der Waals surface area contributed by atoms with Gasteiger partial charge in [-0.25, -0.2) is 4.98 Å².